The molecule has 33 heavy (non-hydrogen) atoms. The highest BCUT2D eigenvalue weighted by Crippen LogP contribution is 2.42. The second-order valence-corrected chi connectivity index (χ2v) is 8.71. The molecule has 0 aliphatic carbocycles. The van der Waals surface area contributed by atoms with Crippen LogP contribution in [0.25, 0.3) is 5.76 Å². The van der Waals surface area contributed by atoms with Gasteiger partial charge < -0.3 is 19.6 Å². The Labute approximate surface area is 204 Å². The van der Waals surface area contributed by atoms with E-state index >= 15 is 0 Å². The number of carbonyl (C=O) groups is 2. The fourth-order valence-corrected chi connectivity index (χ4v) is 4.63. The fraction of sp³-hybridized carbons (Fsp3) is 0.360. The molecule has 1 heterocycles. The van der Waals surface area contributed by atoms with E-state index in [-0.39, 0.29) is 11.3 Å². The maximum Gasteiger partial charge on any atom is 0.295 e. The molecule has 1 saturated heterocycles. The van der Waals surface area contributed by atoms with Crippen molar-refractivity contribution in [3.05, 3.63) is 68.7 Å². The number of ketones is 1. The van der Waals surface area contributed by atoms with Crippen LogP contribution in [0.15, 0.2) is 42.0 Å². The summed E-state index contributed by atoms with van der Waals surface area (Å²) in [6, 6.07) is 9.23. The van der Waals surface area contributed by atoms with Gasteiger partial charge in [-0.15, -0.1) is 0 Å². The smallest absolute Gasteiger partial charge is 0.295 e. The summed E-state index contributed by atoms with van der Waals surface area (Å²) in [6.07, 6.45) is 0. The van der Waals surface area contributed by atoms with Gasteiger partial charge in [0.05, 0.1) is 18.7 Å². The zero-order valence-corrected chi connectivity index (χ0v) is 20.7. The second kappa shape index (κ2) is 10.6. The highest BCUT2D eigenvalue weighted by molar-refractivity contribution is 6.47. The van der Waals surface area contributed by atoms with Crippen molar-refractivity contribution in [3.8, 4) is 5.75 Å². The molecule has 1 aliphatic heterocycles. The Morgan fingerprint density at radius 1 is 1.12 bits per heavy atom. The van der Waals surface area contributed by atoms with Gasteiger partial charge in [0.2, 0.25) is 0 Å². The minimum absolute atomic E-state index is 0.0111. The molecule has 176 valence electrons. The molecule has 1 amide bonds. The van der Waals surface area contributed by atoms with Gasteiger partial charge >= 0.3 is 0 Å². The summed E-state index contributed by atoms with van der Waals surface area (Å²) in [5.74, 6) is -1.01. The lowest BCUT2D eigenvalue weighted by atomic mass is 9.94. The Morgan fingerprint density at radius 3 is 2.39 bits per heavy atom. The van der Waals surface area contributed by atoms with Gasteiger partial charge in [-0.2, -0.15) is 0 Å². The molecule has 0 saturated carbocycles. The normalized spacial score (nSPS) is 17.8. The van der Waals surface area contributed by atoms with Crippen LogP contribution in [0.3, 0.4) is 0 Å². The number of benzene rings is 2. The summed E-state index contributed by atoms with van der Waals surface area (Å²) in [7, 11) is 1.55. The van der Waals surface area contributed by atoms with Crippen molar-refractivity contribution in [2.24, 2.45) is 0 Å². The Bertz CT molecular complexity index is 1100. The van der Waals surface area contributed by atoms with Gasteiger partial charge in [-0.25, -0.2) is 0 Å². The molecule has 0 spiro atoms. The highest BCUT2D eigenvalue weighted by Gasteiger charge is 2.46. The lowest BCUT2D eigenvalue weighted by Crippen LogP contribution is -2.38. The summed E-state index contributed by atoms with van der Waals surface area (Å²) in [6.45, 7) is 8.42. The van der Waals surface area contributed by atoms with Crippen LogP contribution >= 0.6 is 23.2 Å². The number of carbonyl (C=O) groups excluding carboxylic acids is 2. The van der Waals surface area contributed by atoms with E-state index in [9.17, 15) is 14.7 Å². The number of likely N-dealkylation sites (N-methyl/N-ethyl adjacent to an activating group) is 1. The SMILES string of the molecule is CCN(CC)CCN1C(=O)C(=O)C(=C(O)c2ccc(OC)cc2C)[C@@H]1c1ccc(Cl)cc1Cl. The third-order valence-electron chi connectivity index (χ3n) is 6.04. The Hall–Kier alpha value is -2.54. The van der Waals surface area contributed by atoms with E-state index in [0.29, 0.717) is 45.6 Å². The number of hydrogen-bond acceptors (Lipinski definition) is 5. The number of hydrogen-bond donors (Lipinski definition) is 1. The first kappa shape index (κ1) is 25.1. The number of amides is 1. The van der Waals surface area contributed by atoms with Crippen molar-refractivity contribution >= 4 is 40.7 Å². The largest absolute Gasteiger partial charge is 0.507 e. The van der Waals surface area contributed by atoms with Gasteiger partial charge in [-0.05, 0) is 61.5 Å². The first-order chi connectivity index (χ1) is 15.7. The summed E-state index contributed by atoms with van der Waals surface area (Å²) in [4.78, 5) is 30.0. The van der Waals surface area contributed by atoms with Crippen LogP contribution in [0.2, 0.25) is 10.0 Å². The quantitative estimate of drug-likeness (QED) is 0.317. The monoisotopic (exact) mass is 490 g/mol. The van der Waals surface area contributed by atoms with Crippen LogP contribution in [-0.2, 0) is 9.59 Å². The minimum Gasteiger partial charge on any atom is -0.507 e. The van der Waals surface area contributed by atoms with Gasteiger partial charge in [0.1, 0.15) is 11.5 Å². The number of nitrogens with zero attached hydrogens (tertiary/aromatic N) is 2. The standard InChI is InChI=1S/C25H28Cl2N2O4/c1-5-28(6-2)11-12-29-22(19-9-7-16(26)14-20(19)27)21(24(31)25(29)32)23(30)18-10-8-17(33-4)13-15(18)3/h7-10,13-14,22,30H,5-6,11-12H2,1-4H3/t22-/m0/s1. The lowest BCUT2D eigenvalue weighted by Gasteiger charge is -2.28. The number of aryl methyl sites for hydroxylation is 1. The van der Waals surface area contributed by atoms with Crippen LogP contribution in [0.4, 0.5) is 0 Å². The summed E-state index contributed by atoms with van der Waals surface area (Å²) in [5.41, 5.74) is 1.71. The van der Waals surface area contributed by atoms with Crippen molar-refractivity contribution in [3.63, 3.8) is 0 Å². The summed E-state index contributed by atoms with van der Waals surface area (Å²) < 4.78 is 5.24. The van der Waals surface area contributed by atoms with Crippen LogP contribution in [0, 0.1) is 6.92 Å². The van der Waals surface area contributed by atoms with E-state index in [2.05, 4.69) is 4.90 Å². The maximum absolute atomic E-state index is 13.2. The van der Waals surface area contributed by atoms with E-state index in [1.165, 1.54) is 4.90 Å². The molecule has 6 nitrogen and oxygen atoms in total. The van der Waals surface area contributed by atoms with Crippen molar-refractivity contribution in [1.82, 2.24) is 9.80 Å². The average Bonchev–Trinajstić information content (AvgIpc) is 3.04. The third-order valence-corrected chi connectivity index (χ3v) is 6.60. The summed E-state index contributed by atoms with van der Waals surface area (Å²) >= 11 is 12.6. The molecular formula is C25H28Cl2N2O4. The molecular weight excluding hydrogens is 463 g/mol. The zero-order valence-electron chi connectivity index (χ0n) is 19.2. The van der Waals surface area contributed by atoms with E-state index in [4.69, 9.17) is 27.9 Å². The first-order valence-corrected chi connectivity index (χ1v) is 11.6. The number of aliphatic hydroxyl groups is 1. The number of aliphatic hydroxyl groups excluding tert-OH is 1. The molecule has 0 bridgehead atoms. The highest BCUT2D eigenvalue weighted by atomic mass is 35.5. The van der Waals surface area contributed by atoms with E-state index in [1.807, 2.05) is 13.8 Å². The fourth-order valence-electron chi connectivity index (χ4n) is 4.12. The van der Waals surface area contributed by atoms with Gasteiger partial charge in [-0.3, -0.25) is 9.59 Å². The molecule has 0 unspecified atom stereocenters. The molecule has 8 heteroatoms. The van der Waals surface area contributed by atoms with Crippen molar-refractivity contribution < 1.29 is 19.4 Å². The van der Waals surface area contributed by atoms with E-state index in [1.54, 1.807) is 50.4 Å². The third kappa shape index (κ3) is 5.03. The lowest BCUT2D eigenvalue weighted by molar-refractivity contribution is -0.140. The Morgan fingerprint density at radius 2 is 1.82 bits per heavy atom. The Balaban J connectivity index is 2.17. The topological polar surface area (TPSA) is 70.1 Å². The molecule has 2 aromatic rings. The molecule has 0 radical (unpaired) electrons. The predicted molar refractivity (Wildman–Crippen MR) is 131 cm³/mol. The number of Topliss-reactive ketones (excluding diaryl/α,β-unsaturated/α-hetero) is 1. The van der Waals surface area contributed by atoms with Crippen molar-refractivity contribution in [1.29, 1.82) is 0 Å². The average molecular weight is 491 g/mol. The van der Waals surface area contributed by atoms with Gasteiger partial charge in [-0.1, -0.05) is 43.1 Å². The number of halogens is 2. The molecule has 0 aromatic heterocycles. The maximum atomic E-state index is 13.2. The first-order valence-electron chi connectivity index (χ1n) is 10.8. The van der Waals surface area contributed by atoms with Crippen LogP contribution in [0.1, 0.15) is 36.6 Å². The minimum atomic E-state index is -0.827. The number of rotatable bonds is 8. The molecule has 3 rings (SSSR count). The van der Waals surface area contributed by atoms with Crippen molar-refractivity contribution in [2.75, 3.05) is 33.3 Å². The molecule has 1 fully saturated rings. The Kier molecular flexibility index (Phi) is 8.05. The van der Waals surface area contributed by atoms with E-state index < -0.39 is 17.7 Å². The summed E-state index contributed by atoms with van der Waals surface area (Å²) in [5, 5.41) is 12.0. The predicted octanol–water partition coefficient (Wildman–Crippen LogP) is 5.07. The second-order valence-electron chi connectivity index (χ2n) is 7.87. The number of methoxy groups -OCH3 is 1. The van der Waals surface area contributed by atoms with Gasteiger partial charge in [0.15, 0.2) is 0 Å². The van der Waals surface area contributed by atoms with Crippen LogP contribution in [0.5, 0.6) is 5.75 Å². The van der Waals surface area contributed by atoms with Gasteiger partial charge in [0, 0.05) is 28.7 Å². The van der Waals surface area contributed by atoms with Crippen LogP contribution < -0.4 is 4.74 Å². The van der Waals surface area contributed by atoms with Gasteiger partial charge in [0.25, 0.3) is 11.7 Å². The van der Waals surface area contributed by atoms with Crippen molar-refractivity contribution in [2.45, 2.75) is 26.8 Å². The molecule has 2 aromatic carbocycles. The molecule has 1 aliphatic rings. The van der Waals surface area contributed by atoms with Crippen LogP contribution in [-0.4, -0.2) is 59.9 Å². The number of likely N-dealkylation sites (tertiary alicyclic amines) is 1. The molecule has 1 atom stereocenters. The van der Waals surface area contributed by atoms with E-state index in [0.717, 1.165) is 13.1 Å². The zero-order chi connectivity index (χ0) is 24.3. The number of ether oxygens (including phenoxy) is 1. The molecule has 1 N–H and O–H groups in total.